The van der Waals surface area contributed by atoms with Gasteiger partial charge in [-0.1, -0.05) is 11.8 Å². The molecule has 0 aliphatic carbocycles. The lowest BCUT2D eigenvalue weighted by Gasteiger charge is -2.11. The van der Waals surface area contributed by atoms with Crippen molar-refractivity contribution in [1.29, 1.82) is 0 Å². The van der Waals surface area contributed by atoms with Crippen molar-refractivity contribution in [1.82, 2.24) is 15.3 Å². The maximum atomic E-state index is 5.04. The largest absolute Gasteiger partial charge is 0.383 e. The van der Waals surface area contributed by atoms with E-state index in [-0.39, 0.29) is 0 Å². The van der Waals surface area contributed by atoms with E-state index in [9.17, 15) is 0 Å². The molecule has 1 atom stereocenters. The molecule has 0 spiro atoms. The number of hydrogen-bond acceptors (Lipinski definition) is 5. The molecule has 0 saturated carbocycles. The van der Waals surface area contributed by atoms with Crippen LogP contribution in [0, 0.1) is 6.92 Å². The number of rotatable bonds is 7. The van der Waals surface area contributed by atoms with Crippen LogP contribution >= 0.6 is 11.8 Å². The van der Waals surface area contributed by atoms with Crippen LogP contribution in [0.4, 0.5) is 0 Å². The molecular weight excluding hydrogens is 222 g/mol. The van der Waals surface area contributed by atoms with Gasteiger partial charge in [0.05, 0.1) is 6.61 Å². The molecule has 1 aromatic heterocycles. The van der Waals surface area contributed by atoms with Crippen LogP contribution in [0.2, 0.25) is 0 Å². The van der Waals surface area contributed by atoms with Gasteiger partial charge in [-0.25, -0.2) is 9.97 Å². The number of aromatic nitrogens is 2. The van der Waals surface area contributed by atoms with Gasteiger partial charge in [0.15, 0.2) is 5.16 Å². The average molecular weight is 241 g/mol. The standard InChI is InChI=1S/C11H19N3OS/c1-9-6-13-11(14-7-9)16-5-4-12-10(2)8-15-3/h6-7,10,12H,4-5,8H2,1-3H3. The Labute approximate surface area is 101 Å². The predicted molar refractivity (Wildman–Crippen MR) is 66.8 cm³/mol. The van der Waals surface area contributed by atoms with Crippen LogP contribution in [0.25, 0.3) is 0 Å². The van der Waals surface area contributed by atoms with Gasteiger partial charge in [-0.3, -0.25) is 0 Å². The van der Waals surface area contributed by atoms with Gasteiger partial charge in [0.1, 0.15) is 0 Å². The summed E-state index contributed by atoms with van der Waals surface area (Å²) in [5, 5.41) is 4.20. The Morgan fingerprint density at radius 2 is 2.12 bits per heavy atom. The highest BCUT2D eigenvalue weighted by Gasteiger charge is 2.00. The van der Waals surface area contributed by atoms with E-state index in [1.165, 1.54) is 0 Å². The number of thioether (sulfide) groups is 1. The summed E-state index contributed by atoms with van der Waals surface area (Å²) in [5.74, 6) is 0.969. The lowest BCUT2D eigenvalue weighted by molar-refractivity contribution is 0.173. The van der Waals surface area contributed by atoms with Crippen LogP contribution in [-0.4, -0.2) is 42.0 Å². The quantitative estimate of drug-likeness (QED) is 0.445. The minimum Gasteiger partial charge on any atom is -0.383 e. The predicted octanol–water partition coefficient (Wildman–Crippen LogP) is 1.50. The maximum Gasteiger partial charge on any atom is 0.187 e. The highest BCUT2D eigenvalue weighted by molar-refractivity contribution is 7.99. The Hall–Kier alpha value is -0.650. The molecule has 0 aliphatic rings. The van der Waals surface area contributed by atoms with Crippen LogP contribution in [0.15, 0.2) is 17.6 Å². The molecule has 0 radical (unpaired) electrons. The van der Waals surface area contributed by atoms with Gasteiger partial charge in [-0.2, -0.15) is 0 Å². The molecule has 16 heavy (non-hydrogen) atoms. The fraction of sp³-hybridized carbons (Fsp3) is 0.636. The summed E-state index contributed by atoms with van der Waals surface area (Å²) in [7, 11) is 1.72. The van der Waals surface area contributed by atoms with E-state index in [2.05, 4.69) is 22.2 Å². The Kier molecular flexibility index (Phi) is 6.37. The van der Waals surface area contributed by atoms with E-state index in [1.54, 1.807) is 18.9 Å². The fourth-order valence-electron chi connectivity index (χ4n) is 1.21. The molecule has 0 bridgehead atoms. The third-order valence-electron chi connectivity index (χ3n) is 2.00. The van der Waals surface area contributed by atoms with Crippen LogP contribution in [0.5, 0.6) is 0 Å². The molecule has 1 N–H and O–H groups in total. The topological polar surface area (TPSA) is 47.0 Å². The van der Waals surface area contributed by atoms with E-state index in [0.717, 1.165) is 29.6 Å². The summed E-state index contributed by atoms with van der Waals surface area (Å²) in [5.41, 5.74) is 1.09. The number of aryl methyl sites for hydroxylation is 1. The second-order valence-electron chi connectivity index (χ2n) is 3.70. The fourth-order valence-corrected chi connectivity index (χ4v) is 1.87. The lowest BCUT2D eigenvalue weighted by Crippen LogP contribution is -2.31. The van der Waals surface area contributed by atoms with E-state index in [4.69, 9.17) is 4.74 Å². The van der Waals surface area contributed by atoms with Gasteiger partial charge in [0.2, 0.25) is 0 Å². The first kappa shape index (κ1) is 13.4. The first-order valence-corrected chi connectivity index (χ1v) is 6.34. The third kappa shape index (κ3) is 5.44. The minimum atomic E-state index is 0.393. The van der Waals surface area contributed by atoms with E-state index < -0.39 is 0 Å². The van der Waals surface area contributed by atoms with Crippen LogP contribution in [0.1, 0.15) is 12.5 Å². The zero-order valence-electron chi connectivity index (χ0n) is 10.1. The molecule has 0 aliphatic heterocycles. The minimum absolute atomic E-state index is 0.393. The highest BCUT2D eigenvalue weighted by Crippen LogP contribution is 2.10. The van der Waals surface area contributed by atoms with Gasteiger partial charge in [0, 0.05) is 37.8 Å². The number of nitrogens with zero attached hydrogens (tertiary/aromatic N) is 2. The first-order valence-electron chi connectivity index (χ1n) is 5.36. The average Bonchev–Trinajstić information content (AvgIpc) is 2.27. The SMILES string of the molecule is COCC(C)NCCSc1ncc(C)cn1. The van der Waals surface area contributed by atoms with Crippen LogP contribution in [0.3, 0.4) is 0 Å². The highest BCUT2D eigenvalue weighted by atomic mass is 32.2. The molecular formula is C11H19N3OS. The summed E-state index contributed by atoms with van der Waals surface area (Å²) in [6.07, 6.45) is 3.69. The molecule has 1 rings (SSSR count). The molecule has 0 saturated heterocycles. The zero-order chi connectivity index (χ0) is 11.8. The van der Waals surface area contributed by atoms with Gasteiger partial charge in [-0.05, 0) is 19.4 Å². The second kappa shape index (κ2) is 7.60. The number of methoxy groups -OCH3 is 1. The summed E-state index contributed by atoms with van der Waals surface area (Å²) < 4.78 is 5.04. The van der Waals surface area contributed by atoms with Crippen molar-refractivity contribution in [2.45, 2.75) is 25.0 Å². The lowest BCUT2D eigenvalue weighted by atomic mass is 10.4. The van der Waals surface area contributed by atoms with Crippen LogP contribution < -0.4 is 5.32 Å². The third-order valence-corrected chi connectivity index (χ3v) is 2.88. The van der Waals surface area contributed by atoms with Crippen molar-refractivity contribution in [2.75, 3.05) is 26.0 Å². The maximum absolute atomic E-state index is 5.04. The molecule has 90 valence electrons. The van der Waals surface area contributed by atoms with E-state index >= 15 is 0 Å². The molecule has 1 unspecified atom stereocenters. The molecule has 5 heteroatoms. The first-order chi connectivity index (χ1) is 7.72. The summed E-state index contributed by atoms with van der Waals surface area (Å²) in [6.45, 7) is 5.77. The number of ether oxygens (including phenoxy) is 1. The smallest absolute Gasteiger partial charge is 0.187 e. The summed E-state index contributed by atoms with van der Waals surface area (Å²) in [4.78, 5) is 8.46. The van der Waals surface area contributed by atoms with Gasteiger partial charge in [0.25, 0.3) is 0 Å². The zero-order valence-corrected chi connectivity index (χ0v) is 10.9. The van der Waals surface area contributed by atoms with Gasteiger partial charge >= 0.3 is 0 Å². The number of hydrogen-bond donors (Lipinski definition) is 1. The number of nitrogens with one attached hydrogen (secondary N) is 1. The molecule has 1 aromatic rings. The van der Waals surface area contributed by atoms with Crippen molar-refractivity contribution in [3.63, 3.8) is 0 Å². The molecule has 0 fully saturated rings. The Morgan fingerprint density at radius 1 is 1.44 bits per heavy atom. The van der Waals surface area contributed by atoms with Crippen molar-refractivity contribution in [3.8, 4) is 0 Å². The molecule has 0 amide bonds. The van der Waals surface area contributed by atoms with Crippen LogP contribution in [-0.2, 0) is 4.74 Å². The van der Waals surface area contributed by atoms with Gasteiger partial charge in [-0.15, -0.1) is 0 Å². The molecule has 0 aromatic carbocycles. The van der Waals surface area contributed by atoms with Crippen molar-refractivity contribution in [3.05, 3.63) is 18.0 Å². The van der Waals surface area contributed by atoms with Gasteiger partial charge < -0.3 is 10.1 Å². The van der Waals surface area contributed by atoms with E-state index in [0.29, 0.717) is 6.04 Å². The summed E-state index contributed by atoms with van der Waals surface area (Å²) >= 11 is 1.66. The van der Waals surface area contributed by atoms with E-state index in [1.807, 2.05) is 19.3 Å². The Morgan fingerprint density at radius 3 is 2.75 bits per heavy atom. The second-order valence-corrected chi connectivity index (χ2v) is 4.76. The molecule has 1 heterocycles. The normalized spacial score (nSPS) is 12.7. The van der Waals surface area contributed by atoms with Crippen molar-refractivity contribution >= 4 is 11.8 Å². The monoisotopic (exact) mass is 241 g/mol. The summed E-state index contributed by atoms with van der Waals surface area (Å²) in [6, 6.07) is 0.393. The Balaban J connectivity index is 2.13. The van der Waals surface area contributed by atoms with Crippen molar-refractivity contribution < 1.29 is 4.74 Å². The van der Waals surface area contributed by atoms with Crippen molar-refractivity contribution in [2.24, 2.45) is 0 Å². The molecule has 4 nitrogen and oxygen atoms in total. The Bertz CT molecular complexity index is 292.